The summed E-state index contributed by atoms with van der Waals surface area (Å²) in [6.07, 6.45) is 6.76. The summed E-state index contributed by atoms with van der Waals surface area (Å²) in [6.45, 7) is 0.963. The van der Waals surface area contributed by atoms with E-state index in [-0.39, 0.29) is 0 Å². The molecule has 0 radical (unpaired) electrons. The Labute approximate surface area is 115 Å². The van der Waals surface area contributed by atoms with Crippen LogP contribution in [0.1, 0.15) is 32.1 Å². The lowest BCUT2D eigenvalue weighted by Crippen LogP contribution is -2.08. The van der Waals surface area contributed by atoms with E-state index in [1.807, 2.05) is 6.07 Å². The summed E-state index contributed by atoms with van der Waals surface area (Å²) < 4.78 is 10.5. The number of nitrogens with two attached hydrogens (primary N) is 1. The first-order chi connectivity index (χ1) is 9.24. The van der Waals surface area contributed by atoms with Crippen molar-refractivity contribution in [1.82, 2.24) is 0 Å². The fourth-order valence-electron chi connectivity index (χ4n) is 2.76. The molecule has 0 bridgehead atoms. The molecule has 0 spiro atoms. The standard InChI is InChI=1S/C15H24N2O2/c1-18-14-9-12(16)13(10-15(14)19-2)17-8-7-11-5-3-4-6-11/h9-11,17H,3-8,16H2,1-2H3. The van der Waals surface area contributed by atoms with Crippen molar-refractivity contribution in [3.8, 4) is 11.5 Å². The van der Waals surface area contributed by atoms with Gasteiger partial charge in [0, 0.05) is 18.7 Å². The first-order valence-corrected chi connectivity index (χ1v) is 7.00. The van der Waals surface area contributed by atoms with E-state index < -0.39 is 0 Å². The van der Waals surface area contributed by atoms with Crippen LogP contribution in [0, 0.1) is 5.92 Å². The van der Waals surface area contributed by atoms with Gasteiger partial charge in [-0.25, -0.2) is 0 Å². The van der Waals surface area contributed by atoms with Crippen LogP contribution >= 0.6 is 0 Å². The molecular formula is C15H24N2O2. The molecule has 2 rings (SSSR count). The number of hydrogen-bond acceptors (Lipinski definition) is 4. The van der Waals surface area contributed by atoms with Crippen LogP contribution in [0.5, 0.6) is 11.5 Å². The molecule has 3 N–H and O–H groups in total. The van der Waals surface area contributed by atoms with Crippen LogP contribution in [0.25, 0.3) is 0 Å². The summed E-state index contributed by atoms with van der Waals surface area (Å²) in [5, 5.41) is 3.41. The second kappa shape index (κ2) is 6.55. The Kier molecular flexibility index (Phi) is 4.77. The third kappa shape index (κ3) is 3.46. The van der Waals surface area contributed by atoms with Crippen molar-refractivity contribution in [3.63, 3.8) is 0 Å². The van der Waals surface area contributed by atoms with Crippen LogP contribution in [-0.2, 0) is 0 Å². The second-order valence-corrected chi connectivity index (χ2v) is 5.16. The molecule has 0 heterocycles. The number of ether oxygens (including phenoxy) is 2. The first-order valence-electron chi connectivity index (χ1n) is 7.00. The highest BCUT2D eigenvalue weighted by Crippen LogP contribution is 2.35. The van der Waals surface area contributed by atoms with Crippen molar-refractivity contribution in [2.75, 3.05) is 31.8 Å². The van der Waals surface area contributed by atoms with Gasteiger partial charge in [0.15, 0.2) is 11.5 Å². The van der Waals surface area contributed by atoms with Gasteiger partial charge >= 0.3 is 0 Å². The first kappa shape index (κ1) is 13.8. The zero-order chi connectivity index (χ0) is 13.7. The van der Waals surface area contributed by atoms with E-state index in [0.29, 0.717) is 17.2 Å². The molecule has 0 aliphatic heterocycles. The number of benzene rings is 1. The van der Waals surface area contributed by atoms with E-state index in [1.165, 1.54) is 32.1 Å². The Bertz CT molecular complexity index is 415. The van der Waals surface area contributed by atoms with Crippen molar-refractivity contribution >= 4 is 11.4 Å². The number of anilines is 2. The van der Waals surface area contributed by atoms with E-state index >= 15 is 0 Å². The van der Waals surface area contributed by atoms with Crippen LogP contribution in [0.15, 0.2) is 12.1 Å². The van der Waals surface area contributed by atoms with Crippen molar-refractivity contribution in [1.29, 1.82) is 0 Å². The Morgan fingerprint density at radius 2 is 1.79 bits per heavy atom. The van der Waals surface area contributed by atoms with Gasteiger partial charge in [-0.1, -0.05) is 25.7 Å². The fourth-order valence-corrected chi connectivity index (χ4v) is 2.76. The molecule has 1 saturated carbocycles. The maximum Gasteiger partial charge on any atom is 0.162 e. The number of methoxy groups -OCH3 is 2. The largest absolute Gasteiger partial charge is 0.493 e. The summed E-state index contributed by atoms with van der Waals surface area (Å²) in [6, 6.07) is 3.71. The molecule has 4 heteroatoms. The van der Waals surface area contributed by atoms with Crippen molar-refractivity contribution in [3.05, 3.63) is 12.1 Å². The normalized spacial score (nSPS) is 15.5. The van der Waals surface area contributed by atoms with E-state index in [1.54, 1.807) is 20.3 Å². The van der Waals surface area contributed by atoms with Gasteiger partial charge in [0.05, 0.1) is 25.6 Å². The SMILES string of the molecule is COc1cc(N)c(NCCC2CCCC2)cc1OC. The molecule has 0 atom stereocenters. The lowest BCUT2D eigenvalue weighted by Gasteiger charge is -2.15. The van der Waals surface area contributed by atoms with Crippen molar-refractivity contribution in [2.45, 2.75) is 32.1 Å². The molecule has 1 aromatic carbocycles. The Balaban J connectivity index is 1.95. The predicted molar refractivity (Wildman–Crippen MR) is 79.0 cm³/mol. The van der Waals surface area contributed by atoms with Gasteiger partial charge in [-0.2, -0.15) is 0 Å². The molecule has 1 aliphatic rings. The van der Waals surface area contributed by atoms with E-state index in [0.717, 1.165) is 18.2 Å². The molecule has 0 aromatic heterocycles. The molecule has 0 amide bonds. The summed E-state index contributed by atoms with van der Waals surface area (Å²) >= 11 is 0. The quantitative estimate of drug-likeness (QED) is 0.774. The Hall–Kier alpha value is -1.58. The highest BCUT2D eigenvalue weighted by atomic mass is 16.5. The van der Waals surface area contributed by atoms with Crippen LogP contribution in [-0.4, -0.2) is 20.8 Å². The molecule has 1 aromatic rings. The van der Waals surface area contributed by atoms with Crippen LogP contribution in [0.2, 0.25) is 0 Å². The fraction of sp³-hybridized carbons (Fsp3) is 0.600. The molecule has 0 saturated heterocycles. The average molecular weight is 264 g/mol. The molecule has 1 fully saturated rings. The third-order valence-electron chi connectivity index (χ3n) is 3.90. The highest BCUT2D eigenvalue weighted by Gasteiger charge is 2.15. The van der Waals surface area contributed by atoms with Crippen LogP contribution in [0.4, 0.5) is 11.4 Å². The minimum absolute atomic E-state index is 0.668. The predicted octanol–water partition coefficient (Wildman–Crippen LogP) is 3.28. The van der Waals surface area contributed by atoms with Gasteiger partial charge in [0.25, 0.3) is 0 Å². The minimum atomic E-state index is 0.668. The third-order valence-corrected chi connectivity index (χ3v) is 3.90. The van der Waals surface area contributed by atoms with E-state index in [9.17, 15) is 0 Å². The maximum atomic E-state index is 6.02. The highest BCUT2D eigenvalue weighted by molar-refractivity contribution is 5.72. The van der Waals surface area contributed by atoms with Crippen molar-refractivity contribution in [2.24, 2.45) is 5.92 Å². The molecule has 19 heavy (non-hydrogen) atoms. The van der Waals surface area contributed by atoms with E-state index in [2.05, 4.69) is 5.32 Å². The van der Waals surface area contributed by atoms with E-state index in [4.69, 9.17) is 15.2 Å². The van der Waals surface area contributed by atoms with Crippen molar-refractivity contribution < 1.29 is 9.47 Å². The van der Waals surface area contributed by atoms with Gasteiger partial charge in [0.2, 0.25) is 0 Å². The molecule has 4 nitrogen and oxygen atoms in total. The number of nitrogen functional groups attached to an aromatic ring is 1. The summed E-state index contributed by atoms with van der Waals surface area (Å²) in [5.41, 5.74) is 7.64. The van der Waals surface area contributed by atoms with Gasteiger partial charge in [0.1, 0.15) is 0 Å². The van der Waals surface area contributed by atoms with Gasteiger partial charge in [-0.15, -0.1) is 0 Å². The van der Waals surface area contributed by atoms with Crippen LogP contribution in [0.3, 0.4) is 0 Å². The zero-order valence-corrected chi connectivity index (χ0v) is 11.9. The average Bonchev–Trinajstić information content (AvgIpc) is 2.93. The molecular weight excluding hydrogens is 240 g/mol. The van der Waals surface area contributed by atoms with Gasteiger partial charge < -0.3 is 20.5 Å². The lowest BCUT2D eigenvalue weighted by molar-refractivity contribution is 0.355. The van der Waals surface area contributed by atoms with Gasteiger partial charge in [-0.05, 0) is 12.3 Å². The summed E-state index contributed by atoms with van der Waals surface area (Å²) in [4.78, 5) is 0. The number of rotatable bonds is 6. The van der Waals surface area contributed by atoms with Gasteiger partial charge in [-0.3, -0.25) is 0 Å². The topological polar surface area (TPSA) is 56.5 Å². The minimum Gasteiger partial charge on any atom is -0.493 e. The monoisotopic (exact) mass is 264 g/mol. The number of nitrogens with one attached hydrogen (secondary N) is 1. The molecule has 1 aliphatic carbocycles. The lowest BCUT2D eigenvalue weighted by atomic mass is 10.0. The maximum absolute atomic E-state index is 6.02. The molecule has 0 unspecified atom stereocenters. The number of hydrogen-bond donors (Lipinski definition) is 2. The van der Waals surface area contributed by atoms with Crippen LogP contribution < -0.4 is 20.5 Å². The zero-order valence-electron chi connectivity index (χ0n) is 11.9. The second-order valence-electron chi connectivity index (χ2n) is 5.16. The smallest absolute Gasteiger partial charge is 0.162 e. The summed E-state index contributed by atoms with van der Waals surface area (Å²) in [5.74, 6) is 2.26. The Morgan fingerprint density at radius 1 is 1.16 bits per heavy atom. The molecule has 106 valence electrons. The summed E-state index contributed by atoms with van der Waals surface area (Å²) in [7, 11) is 3.25. The Morgan fingerprint density at radius 3 is 2.42 bits per heavy atom.